The maximum atomic E-state index is 11.7. The zero-order valence-electron chi connectivity index (χ0n) is 9.04. The molecular weight excluding hydrogens is 212 g/mol. The first-order valence-corrected chi connectivity index (χ1v) is 7.52. The lowest BCUT2D eigenvalue weighted by Crippen LogP contribution is -2.46. The van der Waals surface area contributed by atoms with Gasteiger partial charge in [-0.05, 0) is 31.7 Å². The van der Waals surface area contributed by atoms with E-state index >= 15 is 0 Å². The summed E-state index contributed by atoms with van der Waals surface area (Å²) in [6.45, 7) is 1.79. The van der Waals surface area contributed by atoms with Crippen LogP contribution in [0.15, 0.2) is 0 Å². The van der Waals surface area contributed by atoms with Crippen molar-refractivity contribution in [2.24, 2.45) is 5.92 Å². The smallest absolute Gasteiger partial charge is 0.211 e. The summed E-state index contributed by atoms with van der Waals surface area (Å²) in [7, 11) is -3.03. The molecule has 2 N–H and O–H groups in total. The van der Waals surface area contributed by atoms with Crippen molar-refractivity contribution in [2.45, 2.75) is 38.1 Å². The van der Waals surface area contributed by atoms with E-state index in [1.807, 2.05) is 0 Å². The molecular formula is C10H20N2O2S. The average molecular weight is 232 g/mol. The molecule has 1 aliphatic heterocycles. The molecule has 0 aromatic carbocycles. The Morgan fingerprint density at radius 1 is 1.27 bits per heavy atom. The van der Waals surface area contributed by atoms with Crippen LogP contribution in [0.25, 0.3) is 0 Å². The lowest BCUT2D eigenvalue weighted by molar-refractivity contribution is 0.428. The van der Waals surface area contributed by atoms with Crippen LogP contribution in [0, 0.1) is 5.92 Å². The minimum Gasteiger partial charge on any atom is -0.315 e. The summed E-state index contributed by atoms with van der Waals surface area (Å²) < 4.78 is 26.2. The third kappa shape index (κ3) is 4.09. The molecule has 2 rings (SSSR count). The summed E-state index contributed by atoms with van der Waals surface area (Å²) in [6, 6.07) is 0.114. The van der Waals surface area contributed by atoms with E-state index in [1.165, 1.54) is 12.8 Å². The molecule has 4 nitrogen and oxygen atoms in total. The highest BCUT2D eigenvalue weighted by atomic mass is 32.2. The number of rotatable bonds is 5. The maximum absolute atomic E-state index is 11.7. The molecule has 0 radical (unpaired) electrons. The van der Waals surface area contributed by atoms with Gasteiger partial charge in [-0.25, -0.2) is 13.1 Å². The standard InChI is InChI=1S/C10H20N2O2S/c13-15(14,7-5-9-3-4-9)12-10-2-1-6-11-8-10/h9-12H,1-8H2/t10-/m0/s1. The van der Waals surface area contributed by atoms with Crippen LogP contribution in [0.5, 0.6) is 0 Å². The van der Waals surface area contributed by atoms with Gasteiger partial charge < -0.3 is 5.32 Å². The van der Waals surface area contributed by atoms with Gasteiger partial charge in [-0.3, -0.25) is 0 Å². The summed E-state index contributed by atoms with van der Waals surface area (Å²) >= 11 is 0. The van der Waals surface area contributed by atoms with Crippen molar-refractivity contribution in [3.8, 4) is 0 Å². The van der Waals surface area contributed by atoms with Crippen LogP contribution in [0.3, 0.4) is 0 Å². The normalized spacial score (nSPS) is 27.9. The molecule has 88 valence electrons. The van der Waals surface area contributed by atoms with Crippen LogP contribution in [0.4, 0.5) is 0 Å². The number of piperidine rings is 1. The first-order valence-electron chi connectivity index (χ1n) is 5.86. The third-order valence-corrected chi connectivity index (χ3v) is 4.60. The predicted molar refractivity (Wildman–Crippen MR) is 60.2 cm³/mol. The van der Waals surface area contributed by atoms with Crippen molar-refractivity contribution in [3.63, 3.8) is 0 Å². The van der Waals surface area contributed by atoms with Crippen LogP contribution in [-0.4, -0.2) is 33.3 Å². The van der Waals surface area contributed by atoms with Gasteiger partial charge in [-0.2, -0.15) is 0 Å². The molecule has 2 fully saturated rings. The Hall–Kier alpha value is -0.130. The van der Waals surface area contributed by atoms with Crippen molar-refractivity contribution < 1.29 is 8.42 Å². The van der Waals surface area contributed by atoms with E-state index in [2.05, 4.69) is 10.0 Å². The first-order chi connectivity index (χ1) is 7.16. The Labute approximate surface area is 91.9 Å². The number of hydrogen-bond donors (Lipinski definition) is 2. The summed E-state index contributed by atoms with van der Waals surface area (Å²) in [5.74, 6) is 1.000. The zero-order chi connectivity index (χ0) is 10.7. The molecule has 0 aromatic rings. The quantitative estimate of drug-likeness (QED) is 0.724. The van der Waals surface area contributed by atoms with Gasteiger partial charge in [-0.1, -0.05) is 12.8 Å². The fraction of sp³-hybridized carbons (Fsp3) is 1.00. The Balaban J connectivity index is 1.74. The van der Waals surface area contributed by atoms with E-state index in [0.29, 0.717) is 11.7 Å². The van der Waals surface area contributed by atoms with Crippen molar-refractivity contribution in [3.05, 3.63) is 0 Å². The number of hydrogen-bond acceptors (Lipinski definition) is 3. The molecule has 1 heterocycles. The fourth-order valence-electron chi connectivity index (χ4n) is 1.99. The highest BCUT2D eigenvalue weighted by Crippen LogP contribution is 2.32. The number of sulfonamides is 1. The van der Waals surface area contributed by atoms with Gasteiger partial charge in [0.2, 0.25) is 10.0 Å². The van der Waals surface area contributed by atoms with Crippen molar-refractivity contribution in [2.75, 3.05) is 18.8 Å². The molecule has 0 unspecified atom stereocenters. The minimum absolute atomic E-state index is 0.114. The van der Waals surface area contributed by atoms with E-state index in [9.17, 15) is 8.42 Å². The highest BCUT2D eigenvalue weighted by molar-refractivity contribution is 7.89. The lowest BCUT2D eigenvalue weighted by atomic mass is 10.1. The molecule has 0 amide bonds. The Morgan fingerprint density at radius 2 is 2.07 bits per heavy atom. The van der Waals surface area contributed by atoms with Crippen LogP contribution in [-0.2, 0) is 10.0 Å². The monoisotopic (exact) mass is 232 g/mol. The Bertz CT molecular complexity index is 293. The average Bonchev–Trinajstić information content (AvgIpc) is 2.99. The van der Waals surface area contributed by atoms with E-state index in [-0.39, 0.29) is 6.04 Å². The van der Waals surface area contributed by atoms with Crippen LogP contribution < -0.4 is 10.0 Å². The van der Waals surface area contributed by atoms with E-state index < -0.39 is 10.0 Å². The van der Waals surface area contributed by atoms with Gasteiger partial charge in [0.1, 0.15) is 0 Å². The molecule has 1 saturated carbocycles. The molecule has 1 aliphatic carbocycles. The zero-order valence-corrected chi connectivity index (χ0v) is 9.85. The largest absolute Gasteiger partial charge is 0.315 e. The molecule has 0 aromatic heterocycles. The lowest BCUT2D eigenvalue weighted by Gasteiger charge is -2.23. The molecule has 0 spiro atoms. The molecule has 1 atom stereocenters. The molecule has 2 aliphatic rings. The Morgan fingerprint density at radius 3 is 2.67 bits per heavy atom. The maximum Gasteiger partial charge on any atom is 0.211 e. The second-order valence-electron chi connectivity index (χ2n) is 4.71. The number of nitrogens with one attached hydrogen (secondary N) is 2. The SMILES string of the molecule is O=S(=O)(CCC1CC1)N[C@H]1CCCNC1. The van der Waals surface area contributed by atoms with Gasteiger partial charge in [0.05, 0.1) is 5.75 Å². The van der Waals surface area contributed by atoms with E-state index in [0.717, 1.165) is 32.4 Å². The van der Waals surface area contributed by atoms with Gasteiger partial charge in [0.15, 0.2) is 0 Å². The summed E-state index contributed by atoms with van der Waals surface area (Å²) in [6.07, 6.45) is 5.32. The molecule has 5 heteroatoms. The third-order valence-electron chi connectivity index (χ3n) is 3.13. The summed E-state index contributed by atoms with van der Waals surface area (Å²) in [4.78, 5) is 0. The summed E-state index contributed by atoms with van der Waals surface area (Å²) in [5.41, 5.74) is 0. The topological polar surface area (TPSA) is 58.2 Å². The Kier molecular flexibility index (Phi) is 3.64. The van der Waals surface area contributed by atoms with Gasteiger partial charge >= 0.3 is 0 Å². The van der Waals surface area contributed by atoms with Crippen LogP contribution in [0.2, 0.25) is 0 Å². The van der Waals surface area contributed by atoms with Gasteiger partial charge in [0.25, 0.3) is 0 Å². The predicted octanol–water partition coefficient (Wildman–Crippen LogP) is 0.458. The fourth-order valence-corrected chi connectivity index (χ4v) is 3.46. The van der Waals surface area contributed by atoms with Crippen LogP contribution >= 0.6 is 0 Å². The molecule has 1 saturated heterocycles. The van der Waals surface area contributed by atoms with Crippen LogP contribution in [0.1, 0.15) is 32.1 Å². The molecule has 15 heavy (non-hydrogen) atoms. The van der Waals surface area contributed by atoms with E-state index in [1.54, 1.807) is 0 Å². The van der Waals surface area contributed by atoms with Gasteiger partial charge in [-0.15, -0.1) is 0 Å². The molecule has 0 bridgehead atoms. The van der Waals surface area contributed by atoms with E-state index in [4.69, 9.17) is 0 Å². The minimum atomic E-state index is -3.03. The van der Waals surface area contributed by atoms with Crippen molar-refractivity contribution >= 4 is 10.0 Å². The summed E-state index contributed by atoms with van der Waals surface area (Å²) in [5, 5.41) is 3.21. The second-order valence-corrected chi connectivity index (χ2v) is 6.59. The first kappa shape index (κ1) is 11.4. The van der Waals surface area contributed by atoms with Crippen molar-refractivity contribution in [1.82, 2.24) is 10.0 Å². The van der Waals surface area contributed by atoms with Crippen molar-refractivity contribution in [1.29, 1.82) is 0 Å². The van der Waals surface area contributed by atoms with Gasteiger partial charge in [0, 0.05) is 12.6 Å². The highest BCUT2D eigenvalue weighted by Gasteiger charge is 2.25. The second kappa shape index (κ2) is 4.80.